The van der Waals surface area contributed by atoms with Crippen molar-refractivity contribution in [1.29, 1.82) is 0 Å². The minimum Gasteiger partial charge on any atom is -0.740 e. The number of primary amides is 1. The van der Waals surface area contributed by atoms with Crippen LogP contribution in [0.1, 0.15) is 0 Å². The lowest BCUT2D eigenvalue weighted by atomic mass is 10.3. The maximum Gasteiger partial charge on any atom is 0.240 e. The summed E-state index contributed by atoms with van der Waals surface area (Å²) in [6, 6.07) is 8.30. The molecule has 1 rings (SSSR count). The van der Waals surface area contributed by atoms with Crippen LogP contribution in [-0.4, -0.2) is 14.7 Å². The van der Waals surface area contributed by atoms with Gasteiger partial charge in [0.25, 0.3) is 0 Å². The number of hydrogen-bond donors (Lipinski definition) is 1. The summed E-state index contributed by atoms with van der Waals surface area (Å²) in [4.78, 5) is 9.47. The smallest absolute Gasteiger partial charge is 0.240 e. The molecular formula is C9H10NO4S-. The van der Waals surface area contributed by atoms with Gasteiger partial charge >= 0.3 is 0 Å². The molecule has 5 nitrogen and oxygen atoms in total. The molecule has 0 saturated heterocycles. The molecule has 2 N–H and O–H groups in total. The first-order valence-electron chi connectivity index (χ1n) is 3.80. The highest BCUT2D eigenvalue weighted by Gasteiger charge is 1.87. The third-order valence-corrected chi connectivity index (χ3v) is 1.44. The number of para-hydroxylation sites is 1. The fourth-order valence-corrected chi connectivity index (χ4v) is 0.823. The van der Waals surface area contributed by atoms with Crippen LogP contribution in [0.2, 0.25) is 0 Å². The summed E-state index contributed by atoms with van der Waals surface area (Å²) >= 11 is -2.47. The molecule has 0 saturated carbocycles. The lowest BCUT2D eigenvalue weighted by molar-refractivity contribution is -0.113. The average Bonchev–Trinajstić information content (AvgIpc) is 2.19. The van der Waals surface area contributed by atoms with E-state index in [1.54, 1.807) is 30.3 Å². The number of amides is 1. The fraction of sp³-hybridized carbons (Fsp3) is 0. The Morgan fingerprint density at radius 2 is 1.93 bits per heavy atom. The molecule has 0 aliphatic heterocycles. The van der Waals surface area contributed by atoms with Gasteiger partial charge in [0.1, 0.15) is 17.1 Å². The Bertz CT molecular complexity index is 339. The second-order valence-corrected chi connectivity index (χ2v) is 2.78. The predicted molar refractivity (Wildman–Crippen MR) is 55.4 cm³/mol. The first kappa shape index (κ1) is 13.3. The highest BCUT2D eigenvalue weighted by molar-refractivity contribution is 7.74. The average molecular weight is 228 g/mol. The molecule has 1 amide bonds. The highest BCUT2D eigenvalue weighted by Crippen LogP contribution is 2.08. The first-order chi connectivity index (χ1) is 7.06. The second kappa shape index (κ2) is 7.72. The molecule has 0 spiro atoms. The maximum absolute atomic E-state index is 9.95. The standard InChI is InChI=1S/C6H6O3S.C3H5NO/c7-10(8)9-6-4-2-1-3-5-6;1-2-3(4)5/h1-5H,(H,7,8);2H,1H2,(H2,4,5)/p-1. The zero-order chi connectivity index (χ0) is 11.7. The van der Waals surface area contributed by atoms with Gasteiger partial charge in [-0.1, -0.05) is 24.8 Å². The Balaban J connectivity index is 0.000000336. The Kier molecular flexibility index (Phi) is 6.86. The summed E-state index contributed by atoms with van der Waals surface area (Å²) in [6.45, 7) is 3.09. The molecule has 82 valence electrons. The first-order valence-corrected chi connectivity index (χ1v) is 4.80. The van der Waals surface area contributed by atoms with E-state index >= 15 is 0 Å². The van der Waals surface area contributed by atoms with Crippen LogP contribution < -0.4 is 9.92 Å². The number of carbonyl (C=O) groups excluding carboxylic acids is 1. The Hall–Kier alpha value is -1.66. The van der Waals surface area contributed by atoms with E-state index in [0.717, 1.165) is 6.08 Å². The second-order valence-electron chi connectivity index (χ2n) is 2.21. The zero-order valence-electron chi connectivity index (χ0n) is 7.79. The van der Waals surface area contributed by atoms with Crippen LogP contribution in [0.15, 0.2) is 43.0 Å². The summed E-state index contributed by atoms with van der Waals surface area (Å²) in [5.74, 6) is -0.152. The molecule has 1 aromatic carbocycles. The van der Waals surface area contributed by atoms with Crippen LogP contribution in [-0.2, 0) is 16.2 Å². The van der Waals surface area contributed by atoms with Gasteiger partial charge in [-0.2, -0.15) is 0 Å². The normalized spacial score (nSPS) is 10.5. The molecule has 1 aromatic rings. The molecule has 0 fully saturated rings. The topological polar surface area (TPSA) is 92.5 Å². The summed E-state index contributed by atoms with van der Waals surface area (Å²) in [5, 5.41) is 0. The third kappa shape index (κ3) is 8.66. The van der Waals surface area contributed by atoms with Crippen LogP contribution in [0.25, 0.3) is 0 Å². The van der Waals surface area contributed by atoms with Gasteiger partial charge in [0.15, 0.2) is 0 Å². The Morgan fingerprint density at radius 3 is 2.27 bits per heavy atom. The predicted octanol–water partition coefficient (Wildman–Crippen LogP) is 0.517. The van der Waals surface area contributed by atoms with Crippen LogP contribution in [0.4, 0.5) is 0 Å². The van der Waals surface area contributed by atoms with E-state index < -0.39 is 17.3 Å². The number of rotatable bonds is 3. The molecule has 0 heterocycles. The van der Waals surface area contributed by atoms with E-state index in [2.05, 4.69) is 16.5 Å². The lowest BCUT2D eigenvalue weighted by Gasteiger charge is -2.05. The van der Waals surface area contributed by atoms with Crippen molar-refractivity contribution < 1.29 is 17.7 Å². The van der Waals surface area contributed by atoms with Gasteiger partial charge in [-0.25, -0.2) is 4.21 Å². The van der Waals surface area contributed by atoms with Crippen molar-refractivity contribution in [2.75, 3.05) is 0 Å². The van der Waals surface area contributed by atoms with Crippen LogP contribution in [0.5, 0.6) is 5.75 Å². The van der Waals surface area contributed by atoms with E-state index in [0.29, 0.717) is 5.75 Å². The summed E-state index contributed by atoms with van der Waals surface area (Å²) in [7, 11) is 0. The van der Waals surface area contributed by atoms with E-state index in [4.69, 9.17) is 0 Å². The van der Waals surface area contributed by atoms with Gasteiger partial charge in [-0.3, -0.25) is 4.79 Å². The minimum atomic E-state index is -2.47. The minimum absolute atomic E-state index is 0.329. The van der Waals surface area contributed by atoms with Crippen molar-refractivity contribution in [3.8, 4) is 5.75 Å². The molecule has 15 heavy (non-hydrogen) atoms. The molecule has 0 radical (unpaired) electrons. The van der Waals surface area contributed by atoms with E-state index in [1.807, 2.05) is 0 Å². The summed E-state index contributed by atoms with van der Waals surface area (Å²) in [5.41, 5.74) is 4.53. The van der Waals surface area contributed by atoms with E-state index in [-0.39, 0.29) is 0 Å². The number of benzene rings is 1. The zero-order valence-corrected chi connectivity index (χ0v) is 8.61. The Labute approximate surface area is 90.0 Å². The number of hydrogen-bond acceptors (Lipinski definition) is 4. The SMILES string of the molecule is C=CC(N)=O.O=S([O-])Oc1ccccc1. The van der Waals surface area contributed by atoms with Crippen molar-refractivity contribution in [3.63, 3.8) is 0 Å². The largest absolute Gasteiger partial charge is 0.740 e. The highest BCUT2D eigenvalue weighted by atomic mass is 32.2. The van der Waals surface area contributed by atoms with Crippen molar-refractivity contribution >= 4 is 17.3 Å². The van der Waals surface area contributed by atoms with Gasteiger partial charge in [0.05, 0.1) is 0 Å². The lowest BCUT2D eigenvalue weighted by Crippen LogP contribution is -2.04. The molecule has 1 atom stereocenters. The van der Waals surface area contributed by atoms with Crippen molar-refractivity contribution in [2.45, 2.75) is 0 Å². The number of nitrogens with two attached hydrogens (primary N) is 1. The fourth-order valence-electron chi connectivity index (χ4n) is 0.555. The molecule has 1 unspecified atom stereocenters. The van der Waals surface area contributed by atoms with Crippen molar-refractivity contribution in [3.05, 3.63) is 43.0 Å². The molecule has 0 aliphatic carbocycles. The van der Waals surface area contributed by atoms with Gasteiger partial charge in [-0.15, -0.1) is 0 Å². The Morgan fingerprint density at radius 1 is 1.47 bits per heavy atom. The maximum atomic E-state index is 9.95. The quantitative estimate of drug-likeness (QED) is 0.602. The van der Waals surface area contributed by atoms with Gasteiger partial charge in [0, 0.05) is 0 Å². The number of carbonyl (C=O) groups is 1. The van der Waals surface area contributed by atoms with Crippen molar-refractivity contribution in [1.82, 2.24) is 0 Å². The van der Waals surface area contributed by atoms with Crippen LogP contribution in [0, 0.1) is 0 Å². The molecule has 6 heteroatoms. The molecule has 0 aliphatic rings. The summed E-state index contributed by atoms with van der Waals surface area (Å²) < 4.78 is 24.2. The van der Waals surface area contributed by atoms with Crippen molar-refractivity contribution in [2.24, 2.45) is 5.73 Å². The monoisotopic (exact) mass is 228 g/mol. The van der Waals surface area contributed by atoms with Crippen LogP contribution >= 0.6 is 0 Å². The van der Waals surface area contributed by atoms with Crippen LogP contribution in [0.3, 0.4) is 0 Å². The van der Waals surface area contributed by atoms with Gasteiger partial charge < -0.3 is 14.5 Å². The summed E-state index contributed by atoms with van der Waals surface area (Å²) in [6.07, 6.45) is 1.06. The van der Waals surface area contributed by atoms with E-state index in [9.17, 15) is 13.6 Å². The molecule has 0 aromatic heterocycles. The molecular weight excluding hydrogens is 218 g/mol. The van der Waals surface area contributed by atoms with Gasteiger partial charge in [0.2, 0.25) is 5.91 Å². The third-order valence-electron chi connectivity index (χ3n) is 1.11. The van der Waals surface area contributed by atoms with Gasteiger partial charge in [-0.05, 0) is 18.2 Å². The molecule has 0 bridgehead atoms. The van der Waals surface area contributed by atoms with E-state index in [1.165, 1.54) is 0 Å².